The van der Waals surface area contributed by atoms with Gasteiger partial charge in [0.25, 0.3) is 0 Å². The van der Waals surface area contributed by atoms with Gasteiger partial charge in [-0.2, -0.15) is 12.6 Å². The first-order valence-corrected chi connectivity index (χ1v) is 8.45. The van der Waals surface area contributed by atoms with E-state index in [1.807, 2.05) is 18.3 Å². The van der Waals surface area contributed by atoms with Crippen LogP contribution in [-0.4, -0.2) is 22.2 Å². The Balaban J connectivity index is 2.04. The van der Waals surface area contributed by atoms with Gasteiger partial charge in [-0.15, -0.1) is 0 Å². The summed E-state index contributed by atoms with van der Waals surface area (Å²) in [6.07, 6.45) is 1.85. The van der Waals surface area contributed by atoms with Gasteiger partial charge in [0.15, 0.2) is 0 Å². The lowest BCUT2D eigenvalue weighted by Crippen LogP contribution is -2.25. The fourth-order valence-corrected chi connectivity index (χ4v) is 2.73. The van der Waals surface area contributed by atoms with Crippen LogP contribution in [0.1, 0.15) is 37.6 Å². The number of nitrogens with zero attached hydrogens (tertiary/aromatic N) is 2. The zero-order chi connectivity index (χ0) is 16.0. The molecular formula is C19H26N2S. The first-order valence-electron chi connectivity index (χ1n) is 7.81. The third-order valence-corrected chi connectivity index (χ3v) is 3.95. The molecule has 2 aromatic rings. The lowest BCUT2D eigenvalue weighted by Gasteiger charge is -2.23. The van der Waals surface area contributed by atoms with Crippen molar-refractivity contribution in [3.05, 3.63) is 65.5 Å². The van der Waals surface area contributed by atoms with E-state index in [-0.39, 0.29) is 5.41 Å². The molecule has 0 amide bonds. The van der Waals surface area contributed by atoms with Gasteiger partial charge >= 0.3 is 0 Å². The van der Waals surface area contributed by atoms with Gasteiger partial charge in [0.2, 0.25) is 0 Å². The lowest BCUT2D eigenvalue weighted by atomic mass is 9.87. The molecule has 0 saturated carbocycles. The summed E-state index contributed by atoms with van der Waals surface area (Å²) in [5.41, 5.74) is 4.03. The standard InChI is InChI=1S/C19H26N2S/c1-19(2,3)17-9-7-16(8-10-17)14-21(12-13-22)15-18-6-4-5-11-20-18/h4-11,22H,12-15H2,1-3H3. The Bertz CT molecular complexity index is 558. The minimum absolute atomic E-state index is 0.206. The molecule has 0 unspecified atom stereocenters. The average Bonchev–Trinajstić information content (AvgIpc) is 2.48. The predicted molar refractivity (Wildman–Crippen MR) is 97.3 cm³/mol. The maximum Gasteiger partial charge on any atom is 0.0544 e. The second-order valence-electron chi connectivity index (χ2n) is 6.70. The summed E-state index contributed by atoms with van der Waals surface area (Å²) in [7, 11) is 0. The van der Waals surface area contributed by atoms with Crippen molar-refractivity contribution in [3.8, 4) is 0 Å². The van der Waals surface area contributed by atoms with Crippen LogP contribution in [0.2, 0.25) is 0 Å². The fourth-order valence-electron chi connectivity index (χ4n) is 2.44. The van der Waals surface area contributed by atoms with Crippen LogP contribution in [0, 0.1) is 0 Å². The van der Waals surface area contributed by atoms with Crippen molar-refractivity contribution in [3.63, 3.8) is 0 Å². The summed E-state index contributed by atoms with van der Waals surface area (Å²) >= 11 is 4.38. The minimum Gasteiger partial charge on any atom is -0.292 e. The van der Waals surface area contributed by atoms with Crippen molar-refractivity contribution in [2.75, 3.05) is 12.3 Å². The van der Waals surface area contributed by atoms with E-state index < -0.39 is 0 Å². The van der Waals surface area contributed by atoms with Crippen molar-refractivity contribution < 1.29 is 0 Å². The number of hydrogen-bond acceptors (Lipinski definition) is 3. The van der Waals surface area contributed by atoms with E-state index in [2.05, 4.69) is 73.6 Å². The van der Waals surface area contributed by atoms with E-state index in [9.17, 15) is 0 Å². The third kappa shape index (κ3) is 5.15. The molecule has 0 radical (unpaired) electrons. The van der Waals surface area contributed by atoms with Crippen LogP contribution in [0.3, 0.4) is 0 Å². The summed E-state index contributed by atoms with van der Waals surface area (Å²) < 4.78 is 0. The molecule has 1 heterocycles. The Morgan fingerprint density at radius 3 is 2.27 bits per heavy atom. The highest BCUT2D eigenvalue weighted by molar-refractivity contribution is 7.80. The summed E-state index contributed by atoms with van der Waals surface area (Å²) in [5, 5.41) is 0. The Labute approximate surface area is 140 Å². The molecule has 0 N–H and O–H groups in total. The molecule has 2 nitrogen and oxygen atoms in total. The maximum atomic E-state index is 4.42. The molecule has 3 heteroatoms. The molecule has 22 heavy (non-hydrogen) atoms. The van der Waals surface area contributed by atoms with Gasteiger partial charge in [-0.1, -0.05) is 51.1 Å². The fraction of sp³-hybridized carbons (Fsp3) is 0.421. The van der Waals surface area contributed by atoms with Gasteiger partial charge in [0.1, 0.15) is 0 Å². The molecule has 0 atom stereocenters. The molecule has 0 aliphatic rings. The number of thiol groups is 1. The number of hydrogen-bond donors (Lipinski definition) is 1. The second-order valence-corrected chi connectivity index (χ2v) is 7.15. The topological polar surface area (TPSA) is 16.1 Å². The molecule has 0 aliphatic heterocycles. The number of aromatic nitrogens is 1. The van der Waals surface area contributed by atoms with E-state index >= 15 is 0 Å². The number of pyridine rings is 1. The van der Waals surface area contributed by atoms with Crippen LogP contribution in [0.25, 0.3) is 0 Å². The van der Waals surface area contributed by atoms with Crippen molar-refractivity contribution in [2.45, 2.75) is 39.3 Å². The second kappa shape index (κ2) is 7.80. The maximum absolute atomic E-state index is 4.42. The van der Waals surface area contributed by atoms with Crippen LogP contribution < -0.4 is 0 Å². The summed E-state index contributed by atoms with van der Waals surface area (Å²) in [4.78, 5) is 6.81. The molecule has 0 aliphatic carbocycles. The van der Waals surface area contributed by atoms with Gasteiger partial charge in [-0.3, -0.25) is 9.88 Å². The highest BCUT2D eigenvalue weighted by Gasteiger charge is 2.13. The summed E-state index contributed by atoms with van der Waals surface area (Å²) in [5.74, 6) is 0.854. The lowest BCUT2D eigenvalue weighted by molar-refractivity contribution is 0.270. The number of rotatable bonds is 6. The molecule has 0 saturated heterocycles. The zero-order valence-corrected chi connectivity index (χ0v) is 14.7. The third-order valence-electron chi connectivity index (χ3n) is 3.75. The van der Waals surface area contributed by atoms with Crippen LogP contribution in [-0.2, 0) is 18.5 Å². The van der Waals surface area contributed by atoms with Crippen molar-refractivity contribution in [1.29, 1.82) is 0 Å². The van der Waals surface area contributed by atoms with Crippen molar-refractivity contribution in [2.24, 2.45) is 0 Å². The van der Waals surface area contributed by atoms with E-state index in [0.29, 0.717) is 0 Å². The van der Waals surface area contributed by atoms with Crippen LogP contribution in [0.4, 0.5) is 0 Å². The Hall–Kier alpha value is -1.32. The Kier molecular flexibility index (Phi) is 6.04. The normalized spacial score (nSPS) is 11.9. The molecule has 118 valence electrons. The highest BCUT2D eigenvalue weighted by Crippen LogP contribution is 2.22. The monoisotopic (exact) mass is 314 g/mol. The SMILES string of the molecule is CC(C)(C)c1ccc(CN(CCS)Cc2ccccn2)cc1. The van der Waals surface area contributed by atoms with E-state index in [1.54, 1.807) is 0 Å². The zero-order valence-electron chi connectivity index (χ0n) is 13.8. The van der Waals surface area contributed by atoms with Gasteiger partial charge < -0.3 is 0 Å². The Morgan fingerprint density at radius 2 is 1.73 bits per heavy atom. The molecular weight excluding hydrogens is 288 g/mol. The van der Waals surface area contributed by atoms with Gasteiger partial charge in [-0.25, -0.2) is 0 Å². The Morgan fingerprint density at radius 1 is 1.00 bits per heavy atom. The molecule has 0 bridgehead atoms. The van der Waals surface area contributed by atoms with Crippen LogP contribution in [0.15, 0.2) is 48.7 Å². The van der Waals surface area contributed by atoms with Gasteiger partial charge in [0, 0.05) is 31.6 Å². The van der Waals surface area contributed by atoms with Crippen molar-refractivity contribution >= 4 is 12.6 Å². The van der Waals surface area contributed by atoms with Gasteiger partial charge in [0.05, 0.1) is 5.69 Å². The molecule has 1 aromatic heterocycles. The van der Waals surface area contributed by atoms with E-state index in [4.69, 9.17) is 0 Å². The van der Waals surface area contributed by atoms with Crippen LogP contribution in [0.5, 0.6) is 0 Å². The number of benzene rings is 1. The largest absolute Gasteiger partial charge is 0.292 e. The van der Waals surface area contributed by atoms with E-state index in [1.165, 1.54) is 11.1 Å². The molecule has 0 fully saturated rings. The molecule has 1 aromatic carbocycles. The molecule has 2 rings (SSSR count). The van der Waals surface area contributed by atoms with Gasteiger partial charge in [-0.05, 0) is 28.7 Å². The minimum atomic E-state index is 0.206. The smallest absolute Gasteiger partial charge is 0.0544 e. The highest BCUT2D eigenvalue weighted by atomic mass is 32.1. The molecule has 0 spiro atoms. The summed E-state index contributed by atoms with van der Waals surface area (Å²) in [6, 6.07) is 15.0. The predicted octanol–water partition coefficient (Wildman–Crippen LogP) is 4.31. The van der Waals surface area contributed by atoms with Crippen molar-refractivity contribution in [1.82, 2.24) is 9.88 Å². The quantitative estimate of drug-likeness (QED) is 0.800. The average molecular weight is 314 g/mol. The van der Waals surface area contributed by atoms with Crippen LogP contribution >= 0.6 is 12.6 Å². The summed E-state index contributed by atoms with van der Waals surface area (Å²) in [6.45, 7) is 9.49. The van der Waals surface area contributed by atoms with E-state index in [0.717, 1.165) is 31.1 Å². The first-order chi connectivity index (χ1) is 10.5. The first kappa shape index (κ1) is 17.0.